The van der Waals surface area contributed by atoms with Crippen LogP contribution in [0.1, 0.15) is 27.0 Å². The summed E-state index contributed by atoms with van der Waals surface area (Å²) in [6, 6.07) is 11.0. The van der Waals surface area contributed by atoms with E-state index in [0.717, 1.165) is 21.2 Å². The number of halogens is 1. The minimum Gasteiger partial charge on any atom is -0.488 e. The van der Waals surface area contributed by atoms with E-state index in [1.165, 1.54) is 6.07 Å². The molecule has 3 nitrogen and oxygen atoms in total. The number of hydrogen-bond acceptors (Lipinski definition) is 2. The van der Waals surface area contributed by atoms with Crippen LogP contribution in [-0.4, -0.2) is 11.1 Å². The molecule has 0 aromatic heterocycles. The van der Waals surface area contributed by atoms with Crippen molar-refractivity contribution in [3.8, 4) is 5.75 Å². The van der Waals surface area contributed by atoms with Crippen molar-refractivity contribution in [1.82, 2.24) is 0 Å². The van der Waals surface area contributed by atoms with E-state index in [0.29, 0.717) is 12.4 Å². The Morgan fingerprint density at radius 1 is 1.15 bits per heavy atom. The van der Waals surface area contributed by atoms with Crippen LogP contribution in [0.5, 0.6) is 5.75 Å². The molecule has 20 heavy (non-hydrogen) atoms. The number of rotatable bonds is 4. The lowest BCUT2D eigenvalue weighted by atomic mass is 10.1. The molecule has 0 aliphatic rings. The Hall–Kier alpha value is -1.81. The third-order valence-electron chi connectivity index (χ3n) is 2.85. The highest BCUT2D eigenvalue weighted by atomic mass is 79.9. The van der Waals surface area contributed by atoms with E-state index in [1.807, 2.05) is 26.0 Å². The van der Waals surface area contributed by atoms with Gasteiger partial charge in [-0.05, 0) is 37.6 Å². The Bertz CT molecular complexity index is 630. The van der Waals surface area contributed by atoms with Crippen molar-refractivity contribution >= 4 is 21.9 Å². The highest BCUT2D eigenvalue weighted by Gasteiger charge is 2.11. The Morgan fingerprint density at radius 2 is 1.80 bits per heavy atom. The first-order chi connectivity index (χ1) is 9.45. The molecule has 4 heteroatoms. The molecule has 0 heterocycles. The van der Waals surface area contributed by atoms with Gasteiger partial charge < -0.3 is 9.84 Å². The summed E-state index contributed by atoms with van der Waals surface area (Å²) in [7, 11) is 0. The van der Waals surface area contributed by atoms with Gasteiger partial charge in [-0.25, -0.2) is 4.79 Å². The van der Waals surface area contributed by atoms with E-state index in [9.17, 15) is 4.79 Å². The van der Waals surface area contributed by atoms with Crippen molar-refractivity contribution in [3.05, 3.63) is 63.1 Å². The van der Waals surface area contributed by atoms with Gasteiger partial charge in [0.05, 0.1) is 0 Å². The molecule has 0 atom stereocenters. The van der Waals surface area contributed by atoms with Crippen LogP contribution in [0.25, 0.3) is 0 Å². The maximum atomic E-state index is 11.2. The summed E-state index contributed by atoms with van der Waals surface area (Å²) in [5.41, 5.74) is 3.52. The first kappa shape index (κ1) is 14.6. The highest BCUT2D eigenvalue weighted by molar-refractivity contribution is 9.10. The van der Waals surface area contributed by atoms with E-state index in [4.69, 9.17) is 9.84 Å². The molecule has 0 saturated heterocycles. The van der Waals surface area contributed by atoms with Crippen molar-refractivity contribution in [1.29, 1.82) is 0 Å². The average molecular weight is 335 g/mol. The van der Waals surface area contributed by atoms with E-state index in [-0.39, 0.29) is 5.56 Å². The number of hydrogen-bond donors (Lipinski definition) is 1. The molecule has 0 unspecified atom stereocenters. The largest absolute Gasteiger partial charge is 0.488 e. The second-order valence-corrected chi connectivity index (χ2v) is 5.65. The second-order valence-electron chi connectivity index (χ2n) is 4.73. The number of aryl methyl sites for hydroxylation is 2. The monoisotopic (exact) mass is 334 g/mol. The normalized spacial score (nSPS) is 10.3. The van der Waals surface area contributed by atoms with Crippen LogP contribution in [0.15, 0.2) is 40.9 Å². The number of benzene rings is 2. The molecular formula is C16H15BrO3. The minimum atomic E-state index is -0.993. The van der Waals surface area contributed by atoms with Crippen LogP contribution in [0.4, 0.5) is 0 Å². The molecule has 0 aliphatic carbocycles. The predicted molar refractivity (Wildman–Crippen MR) is 81.3 cm³/mol. The maximum Gasteiger partial charge on any atom is 0.339 e. The van der Waals surface area contributed by atoms with Crippen LogP contribution >= 0.6 is 15.9 Å². The van der Waals surface area contributed by atoms with Gasteiger partial charge in [-0.2, -0.15) is 0 Å². The molecule has 2 aromatic rings. The van der Waals surface area contributed by atoms with Crippen LogP contribution in [0.2, 0.25) is 0 Å². The fourth-order valence-corrected chi connectivity index (χ4v) is 2.45. The van der Waals surface area contributed by atoms with Gasteiger partial charge in [0, 0.05) is 4.47 Å². The van der Waals surface area contributed by atoms with Gasteiger partial charge in [0.1, 0.15) is 17.9 Å². The number of ether oxygens (including phenoxy) is 1. The molecule has 0 amide bonds. The first-order valence-electron chi connectivity index (χ1n) is 6.18. The summed E-state index contributed by atoms with van der Waals surface area (Å²) >= 11 is 3.32. The summed E-state index contributed by atoms with van der Waals surface area (Å²) in [6.07, 6.45) is 0. The molecule has 0 spiro atoms. The van der Waals surface area contributed by atoms with Crippen LogP contribution in [-0.2, 0) is 6.61 Å². The Morgan fingerprint density at radius 3 is 2.40 bits per heavy atom. The van der Waals surface area contributed by atoms with Gasteiger partial charge >= 0.3 is 5.97 Å². The van der Waals surface area contributed by atoms with Gasteiger partial charge in [0.2, 0.25) is 0 Å². The molecule has 0 radical (unpaired) electrons. The lowest BCUT2D eigenvalue weighted by Gasteiger charge is -2.11. The summed E-state index contributed by atoms with van der Waals surface area (Å²) in [5.74, 6) is -0.626. The predicted octanol–water partition coefficient (Wildman–Crippen LogP) is 4.34. The highest BCUT2D eigenvalue weighted by Crippen LogP contribution is 2.25. The van der Waals surface area contributed by atoms with Crippen LogP contribution in [0, 0.1) is 13.8 Å². The van der Waals surface area contributed by atoms with Gasteiger partial charge in [0.15, 0.2) is 0 Å². The van der Waals surface area contributed by atoms with Crippen molar-refractivity contribution in [2.45, 2.75) is 20.5 Å². The maximum absolute atomic E-state index is 11.2. The third kappa shape index (κ3) is 3.61. The smallest absolute Gasteiger partial charge is 0.339 e. The summed E-state index contributed by atoms with van der Waals surface area (Å²) in [4.78, 5) is 11.2. The zero-order valence-corrected chi connectivity index (χ0v) is 12.9. The second kappa shape index (κ2) is 6.09. The van der Waals surface area contributed by atoms with Crippen molar-refractivity contribution < 1.29 is 14.6 Å². The number of carboxylic acids is 1. The molecule has 2 aromatic carbocycles. The number of carbonyl (C=O) groups is 1. The summed E-state index contributed by atoms with van der Waals surface area (Å²) < 4.78 is 6.45. The van der Waals surface area contributed by atoms with E-state index < -0.39 is 5.97 Å². The zero-order chi connectivity index (χ0) is 14.7. The third-order valence-corrected chi connectivity index (χ3v) is 3.34. The summed E-state index contributed by atoms with van der Waals surface area (Å²) in [6.45, 7) is 4.40. The Kier molecular flexibility index (Phi) is 4.45. The van der Waals surface area contributed by atoms with E-state index in [1.54, 1.807) is 12.1 Å². The van der Waals surface area contributed by atoms with Gasteiger partial charge in [0.25, 0.3) is 0 Å². The molecule has 0 bridgehead atoms. The zero-order valence-electron chi connectivity index (χ0n) is 11.3. The van der Waals surface area contributed by atoms with Gasteiger partial charge in [-0.3, -0.25) is 0 Å². The lowest BCUT2D eigenvalue weighted by Crippen LogP contribution is -2.03. The Balaban J connectivity index is 2.22. The molecule has 0 fully saturated rings. The standard InChI is InChI=1S/C16H15BrO3/c1-10-5-11(2)7-12(6-10)9-20-15-8-13(17)3-4-14(15)16(18)19/h3-8H,9H2,1-2H3,(H,18,19). The number of aromatic carboxylic acids is 1. The number of carboxylic acid groups (broad SMARTS) is 1. The van der Waals surface area contributed by atoms with E-state index in [2.05, 4.69) is 22.0 Å². The van der Waals surface area contributed by atoms with Crippen molar-refractivity contribution in [2.75, 3.05) is 0 Å². The topological polar surface area (TPSA) is 46.5 Å². The van der Waals surface area contributed by atoms with Gasteiger partial charge in [-0.15, -0.1) is 0 Å². The SMILES string of the molecule is Cc1cc(C)cc(COc2cc(Br)ccc2C(=O)O)c1. The molecule has 0 saturated carbocycles. The fraction of sp³-hybridized carbons (Fsp3) is 0.188. The first-order valence-corrected chi connectivity index (χ1v) is 6.98. The van der Waals surface area contributed by atoms with Crippen LogP contribution in [0.3, 0.4) is 0 Å². The molecular weight excluding hydrogens is 320 g/mol. The van der Waals surface area contributed by atoms with Gasteiger partial charge in [-0.1, -0.05) is 45.3 Å². The minimum absolute atomic E-state index is 0.164. The summed E-state index contributed by atoms with van der Waals surface area (Å²) in [5, 5.41) is 9.15. The Labute approximate surface area is 126 Å². The molecule has 1 N–H and O–H groups in total. The lowest BCUT2D eigenvalue weighted by molar-refractivity contribution is 0.0691. The van der Waals surface area contributed by atoms with Crippen molar-refractivity contribution in [2.24, 2.45) is 0 Å². The molecule has 104 valence electrons. The fourth-order valence-electron chi connectivity index (χ4n) is 2.11. The van der Waals surface area contributed by atoms with E-state index >= 15 is 0 Å². The average Bonchev–Trinajstić information content (AvgIpc) is 2.35. The molecule has 2 rings (SSSR count). The van der Waals surface area contributed by atoms with Crippen molar-refractivity contribution in [3.63, 3.8) is 0 Å². The molecule has 0 aliphatic heterocycles. The van der Waals surface area contributed by atoms with Crippen LogP contribution < -0.4 is 4.74 Å². The quantitative estimate of drug-likeness (QED) is 0.904.